The number of hydrogen-bond donors (Lipinski definition) is 0. The van der Waals surface area contributed by atoms with Gasteiger partial charge in [0.2, 0.25) is 5.91 Å². The minimum atomic E-state index is -0.0377. The van der Waals surface area contributed by atoms with E-state index in [1.807, 2.05) is 65.6 Å². The highest BCUT2D eigenvalue weighted by atomic mass is 16.5. The summed E-state index contributed by atoms with van der Waals surface area (Å²) in [6.45, 7) is 2.32. The molecule has 5 heteroatoms. The Hall–Kier alpha value is -3.34. The summed E-state index contributed by atoms with van der Waals surface area (Å²) in [6, 6.07) is 24.1. The highest BCUT2D eigenvalue weighted by Crippen LogP contribution is 2.20. The van der Waals surface area contributed by atoms with Crippen molar-refractivity contribution in [2.45, 2.75) is 19.3 Å². The van der Waals surface area contributed by atoms with Gasteiger partial charge in [0, 0.05) is 32.6 Å². The van der Waals surface area contributed by atoms with E-state index in [-0.39, 0.29) is 18.4 Å². The van der Waals surface area contributed by atoms with Crippen LogP contribution in [0.4, 0.5) is 0 Å². The third-order valence-corrected chi connectivity index (χ3v) is 5.77. The van der Waals surface area contributed by atoms with Gasteiger partial charge < -0.3 is 14.5 Å². The molecule has 1 fully saturated rings. The van der Waals surface area contributed by atoms with Crippen LogP contribution in [0.1, 0.15) is 18.4 Å². The van der Waals surface area contributed by atoms with Crippen LogP contribution < -0.4 is 4.74 Å². The molecule has 5 nitrogen and oxygen atoms in total. The van der Waals surface area contributed by atoms with Crippen LogP contribution in [0.25, 0.3) is 10.8 Å². The monoisotopic (exact) mass is 416 g/mol. The molecule has 3 aromatic rings. The van der Waals surface area contributed by atoms with Crippen molar-refractivity contribution in [3.05, 3.63) is 78.4 Å². The summed E-state index contributed by atoms with van der Waals surface area (Å²) in [5, 5.41) is 2.23. The van der Waals surface area contributed by atoms with Gasteiger partial charge in [-0.2, -0.15) is 0 Å². The molecule has 1 saturated heterocycles. The van der Waals surface area contributed by atoms with E-state index in [2.05, 4.69) is 12.1 Å². The van der Waals surface area contributed by atoms with Crippen molar-refractivity contribution >= 4 is 22.6 Å². The molecule has 1 aliphatic heterocycles. The van der Waals surface area contributed by atoms with Crippen molar-refractivity contribution in [3.8, 4) is 5.75 Å². The molecule has 0 bridgehead atoms. The van der Waals surface area contributed by atoms with E-state index in [1.165, 1.54) is 5.56 Å². The summed E-state index contributed by atoms with van der Waals surface area (Å²) < 4.78 is 5.73. The van der Waals surface area contributed by atoms with Crippen molar-refractivity contribution in [2.75, 3.05) is 32.8 Å². The van der Waals surface area contributed by atoms with E-state index in [0.717, 1.165) is 23.6 Å². The normalized spacial score (nSPS) is 13.9. The number of benzene rings is 3. The van der Waals surface area contributed by atoms with Gasteiger partial charge in [0.15, 0.2) is 6.61 Å². The second-order valence-electron chi connectivity index (χ2n) is 7.90. The quantitative estimate of drug-likeness (QED) is 0.587. The second kappa shape index (κ2) is 10.1. The highest BCUT2D eigenvalue weighted by molar-refractivity contribution is 5.84. The van der Waals surface area contributed by atoms with Crippen LogP contribution in [0.3, 0.4) is 0 Å². The Labute approximate surface area is 183 Å². The lowest BCUT2D eigenvalue weighted by molar-refractivity contribution is -0.140. The molecular formula is C26H28N2O3. The molecule has 31 heavy (non-hydrogen) atoms. The van der Waals surface area contributed by atoms with Gasteiger partial charge in [-0.05, 0) is 41.3 Å². The first-order chi connectivity index (χ1) is 15.2. The van der Waals surface area contributed by atoms with Crippen LogP contribution >= 0.6 is 0 Å². The molecule has 4 rings (SSSR count). The molecule has 0 radical (unpaired) electrons. The Morgan fingerprint density at radius 2 is 1.39 bits per heavy atom. The number of amides is 2. The maximum Gasteiger partial charge on any atom is 0.260 e. The van der Waals surface area contributed by atoms with Gasteiger partial charge in [-0.3, -0.25) is 9.59 Å². The summed E-state index contributed by atoms with van der Waals surface area (Å²) in [6.07, 6.45) is 2.31. The number of carbonyl (C=O) groups excluding carboxylic acids is 2. The lowest BCUT2D eigenvalue weighted by Crippen LogP contribution is -2.51. The topological polar surface area (TPSA) is 49.9 Å². The number of piperazine rings is 1. The molecule has 0 aliphatic carbocycles. The van der Waals surface area contributed by atoms with Crippen LogP contribution in [0.5, 0.6) is 5.75 Å². The summed E-state index contributed by atoms with van der Waals surface area (Å²) in [5.41, 5.74) is 1.26. The molecule has 160 valence electrons. The molecule has 0 unspecified atom stereocenters. The average molecular weight is 417 g/mol. The van der Waals surface area contributed by atoms with Crippen molar-refractivity contribution < 1.29 is 14.3 Å². The van der Waals surface area contributed by atoms with Crippen molar-refractivity contribution in [1.82, 2.24) is 9.80 Å². The third-order valence-electron chi connectivity index (χ3n) is 5.77. The fraction of sp³-hybridized carbons (Fsp3) is 0.308. The molecule has 1 heterocycles. The zero-order valence-corrected chi connectivity index (χ0v) is 17.7. The van der Waals surface area contributed by atoms with Gasteiger partial charge >= 0.3 is 0 Å². The van der Waals surface area contributed by atoms with Crippen molar-refractivity contribution in [3.63, 3.8) is 0 Å². The molecular weight excluding hydrogens is 388 g/mol. The number of hydrogen-bond acceptors (Lipinski definition) is 3. The Morgan fingerprint density at radius 1 is 0.742 bits per heavy atom. The largest absolute Gasteiger partial charge is 0.484 e. The molecule has 0 saturated carbocycles. The fourth-order valence-electron chi connectivity index (χ4n) is 3.95. The van der Waals surface area contributed by atoms with Crippen LogP contribution in [-0.2, 0) is 16.0 Å². The Bertz CT molecular complexity index is 1030. The number of rotatable bonds is 7. The standard InChI is InChI=1S/C26H28N2O3/c29-25(12-6-9-21-7-2-1-3-8-21)27-15-17-28(18-16-27)26(30)20-31-24-14-13-22-10-4-5-11-23(22)19-24/h1-5,7-8,10-11,13-14,19H,6,9,12,15-18,20H2. The third kappa shape index (κ3) is 5.63. The van der Waals surface area contributed by atoms with Gasteiger partial charge in [-0.15, -0.1) is 0 Å². The lowest BCUT2D eigenvalue weighted by Gasteiger charge is -2.34. The van der Waals surface area contributed by atoms with Crippen molar-refractivity contribution in [2.24, 2.45) is 0 Å². The van der Waals surface area contributed by atoms with Crippen LogP contribution in [0.2, 0.25) is 0 Å². The minimum absolute atomic E-state index is 0.0172. The zero-order valence-electron chi connectivity index (χ0n) is 17.7. The van der Waals surface area contributed by atoms with Crippen LogP contribution in [-0.4, -0.2) is 54.4 Å². The second-order valence-corrected chi connectivity index (χ2v) is 7.90. The number of ether oxygens (including phenoxy) is 1. The lowest BCUT2D eigenvalue weighted by atomic mass is 10.1. The number of carbonyl (C=O) groups is 2. The Kier molecular flexibility index (Phi) is 6.82. The molecule has 3 aromatic carbocycles. The highest BCUT2D eigenvalue weighted by Gasteiger charge is 2.24. The predicted octanol–water partition coefficient (Wildman–Crippen LogP) is 3.91. The first-order valence-electron chi connectivity index (χ1n) is 10.9. The summed E-state index contributed by atoms with van der Waals surface area (Å²) in [7, 11) is 0. The molecule has 0 aromatic heterocycles. The summed E-state index contributed by atoms with van der Waals surface area (Å²) in [5.74, 6) is 0.832. The predicted molar refractivity (Wildman–Crippen MR) is 122 cm³/mol. The molecule has 0 atom stereocenters. The Morgan fingerprint density at radius 3 is 2.13 bits per heavy atom. The van der Waals surface area contributed by atoms with Crippen molar-refractivity contribution in [1.29, 1.82) is 0 Å². The fourth-order valence-corrected chi connectivity index (χ4v) is 3.95. The van der Waals surface area contributed by atoms with E-state index in [9.17, 15) is 9.59 Å². The minimum Gasteiger partial charge on any atom is -0.484 e. The molecule has 0 N–H and O–H groups in total. The zero-order chi connectivity index (χ0) is 21.5. The SMILES string of the molecule is O=C(CCCc1ccccc1)N1CCN(C(=O)COc2ccc3ccccc3c2)CC1. The maximum absolute atomic E-state index is 12.5. The van der Waals surface area contributed by atoms with Gasteiger partial charge in [-0.25, -0.2) is 0 Å². The maximum atomic E-state index is 12.5. The molecule has 0 spiro atoms. The Balaban J connectivity index is 1.19. The molecule has 1 aliphatic rings. The number of aryl methyl sites for hydroxylation is 1. The van der Waals surface area contributed by atoms with E-state index < -0.39 is 0 Å². The van der Waals surface area contributed by atoms with Crippen LogP contribution in [0, 0.1) is 0 Å². The summed E-state index contributed by atoms with van der Waals surface area (Å²) >= 11 is 0. The van der Waals surface area contributed by atoms with Gasteiger partial charge in [0.05, 0.1) is 0 Å². The van der Waals surface area contributed by atoms with E-state index in [1.54, 1.807) is 4.90 Å². The average Bonchev–Trinajstić information content (AvgIpc) is 2.83. The van der Waals surface area contributed by atoms with E-state index >= 15 is 0 Å². The van der Waals surface area contributed by atoms with Gasteiger partial charge in [0.25, 0.3) is 5.91 Å². The van der Waals surface area contributed by atoms with Crippen LogP contribution in [0.15, 0.2) is 72.8 Å². The smallest absolute Gasteiger partial charge is 0.260 e. The first-order valence-corrected chi connectivity index (χ1v) is 10.9. The van der Waals surface area contributed by atoms with Gasteiger partial charge in [0.1, 0.15) is 5.75 Å². The first kappa shape index (κ1) is 20.9. The number of nitrogens with zero attached hydrogens (tertiary/aromatic N) is 2. The van der Waals surface area contributed by atoms with E-state index in [0.29, 0.717) is 38.3 Å². The summed E-state index contributed by atoms with van der Waals surface area (Å²) in [4.78, 5) is 28.7. The van der Waals surface area contributed by atoms with Gasteiger partial charge in [-0.1, -0.05) is 60.7 Å². The molecule has 2 amide bonds. The van der Waals surface area contributed by atoms with E-state index in [4.69, 9.17) is 4.74 Å². The number of fused-ring (bicyclic) bond motifs is 1.